The van der Waals surface area contributed by atoms with Crippen molar-refractivity contribution in [2.24, 2.45) is 23.7 Å². The highest BCUT2D eigenvalue weighted by atomic mass is 15.1. The van der Waals surface area contributed by atoms with Crippen molar-refractivity contribution in [3.05, 3.63) is 0 Å². The zero-order valence-corrected chi connectivity index (χ0v) is 11.4. The Labute approximate surface area is 102 Å². The quantitative estimate of drug-likeness (QED) is 0.703. The molecule has 2 rings (SSSR count). The topological polar surface area (TPSA) is 3.24 Å². The van der Waals surface area contributed by atoms with Gasteiger partial charge in [-0.15, -0.1) is 0 Å². The lowest BCUT2D eigenvalue weighted by atomic mass is 9.93. The second-order valence-corrected chi connectivity index (χ2v) is 6.67. The summed E-state index contributed by atoms with van der Waals surface area (Å²) in [6, 6.07) is 0. The lowest BCUT2D eigenvalue weighted by molar-refractivity contribution is 0.165. The molecular weight excluding hydrogens is 194 g/mol. The number of piperidine rings is 1. The number of hydrogen-bond donors (Lipinski definition) is 0. The average molecular weight is 223 g/mol. The smallest absolute Gasteiger partial charge is 0.000976 e. The van der Waals surface area contributed by atoms with Crippen LogP contribution < -0.4 is 0 Å². The van der Waals surface area contributed by atoms with Gasteiger partial charge in [0.15, 0.2) is 0 Å². The van der Waals surface area contributed by atoms with Crippen molar-refractivity contribution in [1.82, 2.24) is 4.90 Å². The molecule has 0 spiro atoms. The van der Waals surface area contributed by atoms with Crippen molar-refractivity contribution < 1.29 is 0 Å². The zero-order valence-electron chi connectivity index (χ0n) is 11.4. The lowest BCUT2D eigenvalue weighted by Crippen LogP contribution is -2.36. The van der Waals surface area contributed by atoms with E-state index >= 15 is 0 Å². The molecule has 1 aliphatic carbocycles. The minimum Gasteiger partial charge on any atom is -0.303 e. The van der Waals surface area contributed by atoms with Gasteiger partial charge in [0.2, 0.25) is 0 Å². The average Bonchev–Trinajstić information content (AvgIpc) is 2.70. The van der Waals surface area contributed by atoms with Crippen LogP contribution in [0.5, 0.6) is 0 Å². The normalized spacial score (nSPS) is 33.8. The van der Waals surface area contributed by atoms with Crippen molar-refractivity contribution in [3.63, 3.8) is 0 Å². The van der Waals surface area contributed by atoms with E-state index in [-0.39, 0.29) is 0 Å². The molecule has 2 fully saturated rings. The Kier molecular flexibility index (Phi) is 4.29. The number of rotatable bonds is 3. The third-order valence-corrected chi connectivity index (χ3v) is 4.92. The zero-order chi connectivity index (χ0) is 11.5. The number of likely N-dealkylation sites (tertiary alicyclic amines) is 1. The summed E-state index contributed by atoms with van der Waals surface area (Å²) >= 11 is 0. The Morgan fingerprint density at radius 1 is 1.06 bits per heavy atom. The fourth-order valence-electron chi connectivity index (χ4n) is 3.49. The summed E-state index contributed by atoms with van der Waals surface area (Å²) in [7, 11) is 0. The maximum atomic E-state index is 2.73. The van der Waals surface area contributed by atoms with E-state index < -0.39 is 0 Å². The molecule has 0 aromatic carbocycles. The first-order valence-corrected chi connectivity index (χ1v) is 7.37. The molecule has 94 valence electrons. The Hall–Kier alpha value is -0.0400. The van der Waals surface area contributed by atoms with Gasteiger partial charge in [0.25, 0.3) is 0 Å². The van der Waals surface area contributed by atoms with Gasteiger partial charge in [0, 0.05) is 6.54 Å². The van der Waals surface area contributed by atoms with Gasteiger partial charge in [0.05, 0.1) is 0 Å². The van der Waals surface area contributed by atoms with Crippen LogP contribution in [0.25, 0.3) is 0 Å². The molecular formula is C15H29N. The number of hydrogen-bond acceptors (Lipinski definition) is 1. The van der Waals surface area contributed by atoms with Crippen LogP contribution in [-0.2, 0) is 0 Å². The maximum absolute atomic E-state index is 2.73. The van der Waals surface area contributed by atoms with Crippen LogP contribution in [-0.4, -0.2) is 24.5 Å². The van der Waals surface area contributed by atoms with E-state index in [4.69, 9.17) is 0 Å². The van der Waals surface area contributed by atoms with Gasteiger partial charge in [-0.25, -0.2) is 0 Å². The van der Waals surface area contributed by atoms with Crippen molar-refractivity contribution in [3.8, 4) is 0 Å². The van der Waals surface area contributed by atoms with E-state index in [0.717, 1.165) is 23.7 Å². The van der Waals surface area contributed by atoms with Crippen LogP contribution in [0.15, 0.2) is 0 Å². The van der Waals surface area contributed by atoms with Gasteiger partial charge in [0.1, 0.15) is 0 Å². The van der Waals surface area contributed by atoms with Gasteiger partial charge in [-0.1, -0.05) is 20.8 Å². The Morgan fingerprint density at radius 3 is 2.31 bits per heavy atom. The summed E-state index contributed by atoms with van der Waals surface area (Å²) in [5.41, 5.74) is 0. The summed E-state index contributed by atoms with van der Waals surface area (Å²) in [5, 5.41) is 0. The molecule has 1 nitrogen and oxygen atoms in total. The van der Waals surface area contributed by atoms with E-state index in [1.165, 1.54) is 51.7 Å². The fraction of sp³-hybridized carbons (Fsp3) is 1.00. The van der Waals surface area contributed by atoms with Gasteiger partial charge in [-0.05, 0) is 68.9 Å². The molecule has 1 aliphatic heterocycles. The van der Waals surface area contributed by atoms with Crippen molar-refractivity contribution >= 4 is 0 Å². The lowest BCUT2D eigenvalue weighted by Gasteiger charge is -2.32. The van der Waals surface area contributed by atoms with Gasteiger partial charge in [-0.2, -0.15) is 0 Å². The largest absolute Gasteiger partial charge is 0.303 e. The molecule has 0 amide bonds. The Balaban J connectivity index is 1.71. The predicted octanol–water partition coefficient (Wildman–Crippen LogP) is 3.79. The highest BCUT2D eigenvalue weighted by Crippen LogP contribution is 2.36. The van der Waals surface area contributed by atoms with Crippen LogP contribution in [0.4, 0.5) is 0 Å². The molecule has 2 unspecified atom stereocenters. The van der Waals surface area contributed by atoms with Crippen molar-refractivity contribution in [2.75, 3.05) is 19.6 Å². The second kappa shape index (κ2) is 5.53. The standard InChI is InChI=1S/C15H29N/c1-12(2)15-5-4-14(10-15)11-16-8-6-13(3)7-9-16/h12-15H,4-11H2,1-3H3. The molecule has 2 aliphatic rings. The molecule has 0 aromatic rings. The maximum Gasteiger partial charge on any atom is 0.000976 e. The first-order valence-electron chi connectivity index (χ1n) is 7.37. The highest BCUT2D eigenvalue weighted by Gasteiger charge is 2.28. The molecule has 2 atom stereocenters. The molecule has 0 aromatic heterocycles. The van der Waals surface area contributed by atoms with Crippen LogP contribution >= 0.6 is 0 Å². The van der Waals surface area contributed by atoms with Crippen LogP contribution in [0.2, 0.25) is 0 Å². The van der Waals surface area contributed by atoms with Crippen LogP contribution in [0.3, 0.4) is 0 Å². The summed E-state index contributed by atoms with van der Waals surface area (Å²) < 4.78 is 0. The summed E-state index contributed by atoms with van der Waals surface area (Å²) in [4.78, 5) is 2.73. The summed E-state index contributed by atoms with van der Waals surface area (Å²) in [5.74, 6) is 3.92. The van der Waals surface area contributed by atoms with Gasteiger partial charge >= 0.3 is 0 Å². The fourth-order valence-corrected chi connectivity index (χ4v) is 3.49. The highest BCUT2D eigenvalue weighted by molar-refractivity contribution is 4.81. The first kappa shape index (κ1) is 12.4. The molecule has 1 saturated carbocycles. The summed E-state index contributed by atoms with van der Waals surface area (Å²) in [6.07, 6.45) is 7.35. The van der Waals surface area contributed by atoms with Crippen LogP contribution in [0, 0.1) is 23.7 Å². The van der Waals surface area contributed by atoms with Gasteiger partial charge in [-0.3, -0.25) is 0 Å². The SMILES string of the molecule is CC1CCN(CC2CCC(C(C)C)C2)CC1. The van der Waals surface area contributed by atoms with E-state index in [1.54, 1.807) is 0 Å². The molecule has 16 heavy (non-hydrogen) atoms. The van der Waals surface area contributed by atoms with E-state index in [1.807, 2.05) is 0 Å². The molecule has 1 heterocycles. The van der Waals surface area contributed by atoms with Crippen LogP contribution in [0.1, 0.15) is 52.9 Å². The van der Waals surface area contributed by atoms with Crippen molar-refractivity contribution in [1.29, 1.82) is 0 Å². The minimum absolute atomic E-state index is 0.909. The Morgan fingerprint density at radius 2 is 1.75 bits per heavy atom. The van der Waals surface area contributed by atoms with Crippen molar-refractivity contribution in [2.45, 2.75) is 52.9 Å². The van der Waals surface area contributed by atoms with Gasteiger partial charge < -0.3 is 4.90 Å². The minimum atomic E-state index is 0.909. The van der Waals surface area contributed by atoms with E-state index in [0.29, 0.717) is 0 Å². The third kappa shape index (κ3) is 3.23. The first-order chi connectivity index (χ1) is 7.65. The molecule has 1 saturated heterocycles. The molecule has 0 N–H and O–H groups in total. The molecule has 0 radical (unpaired) electrons. The Bertz CT molecular complexity index is 203. The number of nitrogens with zero attached hydrogens (tertiary/aromatic N) is 1. The third-order valence-electron chi connectivity index (χ3n) is 4.92. The predicted molar refractivity (Wildman–Crippen MR) is 70.5 cm³/mol. The monoisotopic (exact) mass is 223 g/mol. The second-order valence-electron chi connectivity index (χ2n) is 6.67. The summed E-state index contributed by atoms with van der Waals surface area (Å²) in [6.45, 7) is 11.3. The van der Waals surface area contributed by atoms with E-state index in [2.05, 4.69) is 25.7 Å². The molecule has 1 heteroatoms. The molecule has 0 bridgehead atoms. The van der Waals surface area contributed by atoms with E-state index in [9.17, 15) is 0 Å².